The lowest BCUT2D eigenvalue weighted by molar-refractivity contribution is -0.135. The van der Waals surface area contributed by atoms with Crippen LogP contribution in [0.4, 0.5) is 0 Å². The summed E-state index contributed by atoms with van der Waals surface area (Å²) in [4.78, 5) is 27.5. The van der Waals surface area contributed by atoms with Crippen molar-refractivity contribution in [2.75, 3.05) is 18.6 Å². The van der Waals surface area contributed by atoms with Crippen molar-refractivity contribution < 1.29 is 33.8 Å². The molecule has 9 heteroatoms. The van der Waals surface area contributed by atoms with Crippen molar-refractivity contribution in [2.24, 2.45) is 0 Å². The molecule has 0 radical (unpaired) electrons. The molecule has 0 aromatic carbocycles. The highest BCUT2D eigenvalue weighted by molar-refractivity contribution is 9.09. The second-order valence-electron chi connectivity index (χ2n) is 1.90. The van der Waals surface area contributed by atoms with Crippen molar-refractivity contribution in [3.05, 3.63) is 0 Å². The van der Waals surface area contributed by atoms with E-state index in [1.807, 2.05) is 0 Å². The maximum atomic E-state index is 10.3. The highest BCUT2D eigenvalue weighted by Gasteiger charge is 2.20. The largest absolute Gasteiger partial charge is 0.481 e. The molecular formula is C5H10BrO7P. The molecule has 0 aliphatic rings. The molecule has 0 amide bonds. The first-order valence-electron chi connectivity index (χ1n) is 3.12. The zero-order valence-electron chi connectivity index (χ0n) is 7.21. The highest BCUT2D eigenvalue weighted by atomic mass is 79.9. The fourth-order valence-electron chi connectivity index (χ4n) is 0.235. The molecule has 0 rings (SSSR count). The van der Waals surface area contributed by atoms with Gasteiger partial charge in [0.05, 0.1) is 0 Å². The van der Waals surface area contributed by atoms with E-state index in [9.17, 15) is 14.2 Å². The summed E-state index contributed by atoms with van der Waals surface area (Å²) in [7, 11) is -2.84. The lowest BCUT2D eigenvalue weighted by atomic mass is 10.8. The Morgan fingerprint density at radius 3 is 1.79 bits per heavy atom. The van der Waals surface area contributed by atoms with E-state index in [1.165, 1.54) is 0 Å². The number of aliphatic carboxylic acids is 2. The summed E-state index contributed by atoms with van der Waals surface area (Å²) in [6.07, 6.45) is -0.844. The molecule has 0 bridgehead atoms. The molecule has 1 unspecified atom stereocenters. The average Bonchev–Trinajstić information content (AvgIpc) is 2.03. The SMILES string of the molecule is COP(=O)(O)CC(=O)O.O=C(O)CBr. The molecule has 0 aliphatic carbocycles. The Bertz CT molecular complexity index is 240. The molecule has 0 aliphatic heterocycles. The van der Waals surface area contributed by atoms with E-state index in [0.29, 0.717) is 0 Å². The minimum atomic E-state index is -3.83. The Balaban J connectivity index is 0. The first-order valence-corrected chi connectivity index (χ1v) is 6.00. The Labute approximate surface area is 88.4 Å². The van der Waals surface area contributed by atoms with Crippen LogP contribution in [0.25, 0.3) is 0 Å². The Morgan fingerprint density at radius 2 is 1.71 bits per heavy atom. The van der Waals surface area contributed by atoms with E-state index in [0.717, 1.165) is 7.11 Å². The zero-order valence-corrected chi connectivity index (χ0v) is 9.69. The molecule has 0 aromatic heterocycles. The second-order valence-corrected chi connectivity index (χ2v) is 4.42. The summed E-state index contributed by atoms with van der Waals surface area (Å²) < 4.78 is 14.3. The molecule has 0 saturated carbocycles. The van der Waals surface area contributed by atoms with Crippen LogP contribution in [0.5, 0.6) is 0 Å². The van der Waals surface area contributed by atoms with Crippen LogP contribution < -0.4 is 0 Å². The molecule has 14 heavy (non-hydrogen) atoms. The van der Waals surface area contributed by atoms with Crippen molar-refractivity contribution >= 4 is 35.5 Å². The van der Waals surface area contributed by atoms with E-state index in [-0.39, 0.29) is 5.33 Å². The lowest BCUT2D eigenvalue weighted by Crippen LogP contribution is -2.03. The van der Waals surface area contributed by atoms with Crippen molar-refractivity contribution in [1.29, 1.82) is 0 Å². The van der Waals surface area contributed by atoms with E-state index in [4.69, 9.17) is 15.1 Å². The van der Waals surface area contributed by atoms with E-state index < -0.39 is 25.7 Å². The van der Waals surface area contributed by atoms with Crippen LogP contribution in [0.1, 0.15) is 0 Å². The predicted molar refractivity (Wildman–Crippen MR) is 50.8 cm³/mol. The van der Waals surface area contributed by atoms with Crippen molar-refractivity contribution in [2.45, 2.75) is 0 Å². The van der Waals surface area contributed by atoms with Gasteiger partial charge >= 0.3 is 19.5 Å². The fourth-order valence-corrected chi connectivity index (χ4v) is 0.706. The number of rotatable bonds is 4. The summed E-state index contributed by atoms with van der Waals surface area (Å²) in [5, 5.41) is 15.7. The normalized spacial score (nSPS) is 13.4. The van der Waals surface area contributed by atoms with Gasteiger partial charge in [-0.15, -0.1) is 0 Å². The molecule has 84 valence electrons. The Kier molecular flexibility index (Phi) is 9.07. The Hall–Kier alpha value is -0.430. The quantitative estimate of drug-likeness (QED) is 0.505. The topological polar surface area (TPSA) is 121 Å². The summed E-state index contributed by atoms with van der Waals surface area (Å²) in [5.41, 5.74) is 0. The molecular weight excluding hydrogens is 283 g/mol. The number of hydrogen-bond donors (Lipinski definition) is 3. The first kappa shape index (κ1) is 16.0. The van der Waals surface area contributed by atoms with Crippen molar-refractivity contribution in [3.63, 3.8) is 0 Å². The second kappa shape index (κ2) is 7.93. The molecule has 7 nitrogen and oxygen atoms in total. The summed E-state index contributed by atoms with van der Waals surface area (Å²) in [6.45, 7) is 0. The summed E-state index contributed by atoms with van der Waals surface area (Å²) in [5.74, 6) is -2.17. The summed E-state index contributed by atoms with van der Waals surface area (Å²) >= 11 is 2.71. The number of carboxylic acid groups (broad SMARTS) is 2. The van der Waals surface area contributed by atoms with Crippen LogP contribution in [0.2, 0.25) is 0 Å². The van der Waals surface area contributed by atoms with Crippen LogP contribution in [-0.2, 0) is 18.7 Å². The van der Waals surface area contributed by atoms with Crippen molar-refractivity contribution in [3.8, 4) is 0 Å². The third-order valence-corrected chi connectivity index (χ3v) is 2.46. The molecule has 1 atom stereocenters. The standard InChI is InChI=1S/C3H7O5P.C2H3BrO2/c1-8-9(6,7)2-3(4)5;3-1-2(4)5/h2H2,1H3,(H,4,5)(H,6,7);1H2,(H,4,5). The monoisotopic (exact) mass is 292 g/mol. The van der Waals surface area contributed by atoms with Gasteiger partial charge in [-0.2, -0.15) is 0 Å². The van der Waals surface area contributed by atoms with Crippen LogP contribution in [-0.4, -0.2) is 45.6 Å². The van der Waals surface area contributed by atoms with Gasteiger partial charge in [0.15, 0.2) is 0 Å². The van der Waals surface area contributed by atoms with Gasteiger partial charge in [0.2, 0.25) is 0 Å². The maximum Gasteiger partial charge on any atom is 0.338 e. The number of alkyl halides is 1. The average molecular weight is 293 g/mol. The number of carbonyl (C=O) groups is 2. The van der Waals surface area contributed by atoms with Crippen LogP contribution in [0, 0.1) is 0 Å². The third kappa shape index (κ3) is 14.1. The zero-order chi connectivity index (χ0) is 11.8. The van der Waals surface area contributed by atoms with Gasteiger partial charge in [-0.3, -0.25) is 14.2 Å². The predicted octanol–water partition coefficient (Wildman–Crippen LogP) is 0.369. The van der Waals surface area contributed by atoms with Crippen LogP contribution in [0.3, 0.4) is 0 Å². The van der Waals surface area contributed by atoms with Gasteiger partial charge in [-0.1, -0.05) is 15.9 Å². The molecule has 3 N–H and O–H groups in total. The van der Waals surface area contributed by atoms with E-state index in [2.05, 4.69) is 20.5 Å². The molecule has 0 saturated heterocycles. The van der Waals surface area contributed by atoms with Gasteiger partial charge < -0.3 is 19.6 Å². The third-order valence-electron chi connectivity index (χ3n) is 0.735. The molecule has 0 spiro atoms. The van der Waals surface area contributed by atoms with E-state index >= 15 is 0 Å². The highest BCUT2D eigenvalue weighted by Crippen LogP contribution is 2.39. The van der Waals surface area contributed by atoms with Crippen LogP contribution >= 0.6 is 23.5 Å². The molecule has 0 aromatic rings. The number of carboxylic acids is 2. The van der Waals surface area contributed by atoms with Gasteiger partial charge in [-0.05, 0) is 0 Å². The smallest absolute Gasteiger partial charge is 0.338 e. The van der Waals surface area contributed by atoms with Crippen LogP contribution in [0.15, 0.2) is 0 Å². The first-order chi connectivity index (χ1) is 6.25. The molecule has 0 heterocycles. The maximum absolute atomic E-state index is 10.3. The lowest BCUT2D eigenvalue weighted by Gasteiger charge is -2.02. The Morgan fingerprint density at radius 1 is 1.36 bits per heavy atom. The van der Waals surface area contributed by atoms with Gasteiger partial charge in [0, 0.05) is 7.11 Å². The minimum Gasteiger partial charge on any atom is -0.481 e. The minimum absolute atomic E-state index is 0.0347. The van der Waals surface area contributed by atoms with Gasteiger partial charge in [-0.25, -0.2) is 0 Å². The summed E-state index contributed by atoms with van der Waals surface area (Å²) in [6, 6.07) is 0. The fraction of sp³-hybridized carbons (Fsp3) is 0.600. The molecule has 0 fully saturated rings. The van der Waals surface area contributed by atoms with Gasteiger partial charge in [0.1, 0.15) is 11.5 Å². The van der Waals surface area contributed by atoms with Gasteiger partial charge in [0.25, 0.3) is 0 Å². The number of halogens is 1. The van der Waals surface area contributed by atoms with Crippen molar-refractivity contribution in [1.82, 2.24) is 0 Å². The van der Waals surface area contributed by atoms with E-state index in [1.54, 1.807) is 0 Å². The number of hydrogen-bond acceptors (Lipinski definition) is 4.